The third-order valence-corrected chi connectivity index (χ3v) is 8.73. The highest BCUT2D eigenvalue weighted by atomic mass is 79.9. The van der Waals surface area contributed by atoms with Crippen molar-refractivity contribution >= 4 is 39.9 Å². The molecule has 0 aromatic heterocycles. The van der Waals surface area contributed by atoms with Gasteiger partial charge in [-0.05, 0) is 42.9 Å². The van der Waals surface area contributed by atoms with Crippen LogP contribution in [0.15, 0.2) is 9.47 Å². The van der Waals surface area contributed by atoms with Crippen LogP contribution in [0.3, 0.4) is 0 Å². The van der Waals surface area contributed by atoms with Crippen LogP contribution >= 0.6 is 31.9 Å². The van der Waals surface area contributed by atoms with Crippen molar-refractivity contribution < 1.29 is 0 Å². The number of halogens is 2. The van der Waals surface area contributed by atoms with E-state index in [0.717, 1.165) is 3.39 Å². The largest absolute Gasteiger partial charge is 0.0687 e. The van der Waals surface area contributed by atoms with Gasteiger partial charge < -0.3 is 0 Å². The van der Waals surface area contributed by atoms with Crippen LogP contribution in [-0.2, 0) is 0 Å². The molecule has 0 atom stereocenters. The first-order valence-electron chi connectivity index (χ1n) is 4.18. The molecule has 0 aliphatic rings. The monoisotopic (exact) mass is 312 g/mol. The van der Waals surface area contributed by atoms with E-state index in [9.17, 15) is 0 Å². The molecule has 0 N–H and O–H groups in total. The molecule has 0 fully saturated rings. The van der Waals surface area contributed by atoms with E-state index in [1.165, 1.54) is 6.04 Å². The lowest BCUT2D eigenvalue weighted by Gasteiger charge is -2.36. The van der Waals surface area contributed by atoms with Crippen molar-refractivity contribution in [2.24, 2.45) is 0 Å². The maximum Gasteiger partial charge on any atom is 0.0565 e. The van der Waals surface area contributed by atoms with Crippen molar-refractivity contribution in [3.05, 3.63) is 9.47 Å². The second kappa shape index (κ2) is 4.42. The lowest BCUT2D eigenvalue weighted by Crippen LogP contribution is -2.36. The molecule has 0 saturated heterocycles. The van der Waals surface area contributed by atoms with E-state index in [2.05, 4.69) is 71.8 Å². The first kappa shape index (κ1) is 12.9. The van der Waals surface area contributed by atoms with E-state index < -0.39 is 8.07 Å². The van der Waals surface area contributed by atoms with Gasteiger partial charge in [-0.2, -0.15) is 0 Å². The van der Waals surface area contributed by atoms with E-state index in [-0.39, 0.29) is 0 Å². The minimum Gasteiger partial charge on any atom is -0.0687 e. The van der Waals surface area contributed by atoms with Crippen molar-refractivity contribution in [2.45, 2.75) is 44.9 Å². The summed E-state index contributed by atoms with van der Waals surface area (Å²) in [6.07, 6.45) is 2.23. The average molecular weight is 314 g/mol. The number of hydrogen-bond donors (Lipinski definition) is 0. The molecule has 0 aromatic rings. The fourth-order valence-corrected chi connectivity index (χ4v) is 2.89. The molecule has 0 aliphatic heterocycles. The fraction of sp³-hybridized carbons (Fsp3) is 0.778. The Morgan fingerprint density at radius 3 is 1.92 bits per heavy atom. The Hall–Kier alpha value is 0.917. The summed E-state index contributed by atoms with van der Waals surface area (Å²) in [5.41, 5.74) is 0. The number of rotatable bonds is 2. The maximum atomic E-state index is 3.39. The Labute approximate surface area is 94.1 Å². The van der Waals surface area contributed by atoms with Gasteiger partial charge in [0.05, 0.1) is 11.5 Å². The Kier molecular flexibility index (Phi) is 4.76. The topological polar surface area (TPSA) is 0 Å². The van der Waals surface area contributed by atoms with Crippen molar-refractivity contribution in [3.8, 4) is 0 Å². The number of hydrogen-bond acceptors (Lipinski definition) is 0. The van der Waals surface area contributed by atoms with Gasteiger partial charge in [-0.15, -0.1) is 0 Å². The highest BCUT2D eigenvalue weighted by molar-refractivity contribution is 9.28. The van der Waals surface area contributed by atoms with E-state index in [1.807, 2.05) is 0 Å². The third-order valence-electron chi connectivity index (χ3n) is 2.80. The summed E-state index contributed by atoms with van der Waals surface area (Å²) in [5, 5.41) is 0.485. The van der Waals surface area contributed by atoms with Gasteiger partial charge in [-0.3, -0.25) is 0 Å². The van der Waals surface area contributed by atoms with Crippen LogP contribution in [0.5, 0.6) is 0 Å². The van der Waals surface area contributed by atoms with Crippen LogP contribution < -0.4 is 0 Å². The zero-order valence-electron chi connectivity index (χ0n) is 8.54. The molecule has 0 rings (SSSR count). The molecule has 0 aromatic carbocycles. The summed E-state index contributed by atoms with van der Waals surface area (Å²) in [7, 11) is -1.10. The van der Waals surface area contributed by atoms with E-state index in [1.54, 1.807) is 0 Å². The molecular weight excluding hydrogens is 296 g/mol. The third kappa shape index (κ3) is 4.24. The quantitative estimate of drug-likeness (QED) is 0.620. The molecular formula is C9H18Br2Si. The molecule has 0 heterocycles. The van der Waals surface area contributed by atoms with Gasteiger partial charge >= 0.3 is 0 Å². The van der Waals surface area contributed by atoms with Gasteiger partial charge in [0.2, 0.25) is 0 Å². The lowest BCUT2D eigenvalue weighted by atomic mass is 10.2. The zero-order valence-corrected chi connectivity index (χ0v) is 12.7. The van der Waals surface area contributed by atoms with Crippen LogP contribution in [0.2, 0.25) is 24.2 Å². The Morgan fingerprint density at radius 1 is 1.25 bits per heavy atom. The SMILES string of the molecule is CC(C)(C)[Si](C)(C)CC=C(Br)Br. The molecule has 72 valence electrons. The van der Waals surface area contributed by atoms with Crippen molar-refractivity contribution in [3.63, 3.8) is 0 Å². The minimum absolute atomic E-state index is 0.485. The van der Waals surface area contributed by atoms with Crippen LogP contribution in [0.25, 0.3) is 0 Å². The minimum atomic E-state index is -1.10. The molecule has 0 amide bonds. The number of allylic oxidation sites excluding steroid dienone is 1. The molecule has 0 bridgehead atoms. The predicted octanol–water partition coefficient (Wildman–Crippen LogP) is 5.13. The summed E-state index contributed by atoms with van der Waals surface area (Å²) in [6, 6.07) is 1.22. The molecule has 0 spiro atoms. The average Bonchev–Trinajstić information content (AvgIpc) is 1.81. The Bertz CT molecular complexity index is 173. The van der Waals surface area contributed by atoms with Gasteiger partial charge in [0.1, 0.15) is 0 Å². The van der Waals surface area contributed by atoms with E-state index >= 15 is 0 Å². The van der Waals surface area contributed by atoms with E-state index in [4.69, 9.17) is 0 Å². The van der Waals surface area contributed by atoms with Gasteiger partial charge in [-0.1, -0.05) is 39.9 Å². The second-order valence-electron chi connectivity index (χ2n) is 4.83. The van der Waals surface area contributed by atoms with Crippen molar-refractivity contribution in [1.29, 1.82) is 0 Å². The molecule has 0 saturated carbocycles. The fourth-order valence-electron chi connectivity index (χ4n) is 0.638. The second-order valence-corrected chi connectivity index (χ2v) is 13.3. The molecule has 3 heteroatoms. The van der Waals surface area contributed by atoms with Crippen LogP contribution in [0.1, 0.15) is 20.8 Å². The van der Waals surface area contributed by atoms with Gasteiger partial charge in [0, 0.05) is 0 Å². The van der Waals surface area contributed by atoms with Crippen molar-refractivity contribution in [2.75, 3.05) is 0 Å². The van der Waals surface area contributed by atoms with Gasteiger partial charge in [0.25, 0.3) is 0 Å². The highest BCUT2D eigenvalue weighted by Crippen LogP contribution is 2.39. The molecule has 0 unspecified atom stereocenters. The molecule has 12 heavy (non-hydrogen) atoms. The Balaban J connectivity index is 4.34. The van der Waals surface area contributed by atoms with Gasteiger partial charge in [-0.25, -0.2) is 0 Å². The molecule has 0 nitrogen and oxygen atoms in total. The van der Waals surface area contributed by atoms with Crippen LogP contribution in [0, 0.1) is 0 Å². The molecule has 0 aliphatic carbocycles. The highest BCUT2D eigenvalue weighted by Gasteiger charge is 2.33. The van der Waals surface area contributed by atoms with Crippen LogP contribution in [0.4, 0.5) is 0 Å². The lowest BCUT2D eigenvalue weighted by molar-refractivity contribution is 0.719. The Morgan fingerprint density at radius 2 is 1.67 bits per heavy atom. The molecule has 0 radical (unpaired) electrons. The maximum absolute atomic E-state index is 3.39. The van der Waals surface area contributed by atoms with Crippen molar-refractivity contribution in [1.82, 2.24) is 0 Å². The summed E-state index contributed by atoms with van der Waals surface area (Å²) >= 11 is 6.79. The summed E-state index contributed by atoms with van der Waals surface area (Å²) in [4.78, 5) is 0. The standard InChI is InChI=1S/C9H18Br2Si/c1-9(2,3)12(4,5)7-6-8(10)11/h6H,7H2,1-5H3. The predicted molar refractivity (Wildman–Crippen MR) is 67.9 cm³/mol. The zero-order chi connectivity index (χ0) is 9.99. The summed E-state index contributed by atoms with van der Waals surface area (Å²) in [5.74, 6) is 0. The first-order chi connectivity index (χ1) is 5.17. The summed E-state index contributed by atoms with van der Waals surface area (Å²) in [6.45, 7) is 11.9. The first-order valence-corrected chi connectivity index (χ1v) is 8.97. The smallest absolute Gasteiger partial charge is 0.0565 e. The van der Waals surface area contributed by atoms with Crippen LogP contribution in [-0.4, -0.2) is 8.07 Å². The van der Waals surface area contributed by atoms with Gasteiger partial charge in [0.15, 0.2) is 0 Å². The normalized spacial score (nSPS) is 12.9. The van der Waals surface area contributed by atoms with E-state index in [0.29, 0.717) is 5.04 Å². The summed E-state index contributed by atoms with van der Waals surface area (Å²) < 4.78 is 1.08.